The maximum absolute atomic E-state index is 12.9. The number of nitrogens with one attached hydrogen (secondary N) is 2. The number of halogens is 1. The highest BCUT2D eigenvalue weighted by Gasteiger charge is 2.20. The number of hydrogen-bond donors (Lipinski definition) is 2. The number of esters is 1. The van der Waals surface area contributed by atoms with Crippen LogP contribution in [0.3, 0.4) is 0 Å². The molecule has 1 aliphatic heterocycles. The van der Waals surface area contributed by atoms with Crippen molar-refractivity contribution in [3.05, 3.63) is 65.5 Å². The van der Waals surface area contributed by atoms with Crippen molar-refractivity contribution < 1.29 is 28.4 Å². The normalized spacial score (nSPS) is 15.6. The van der Waals surface area contributed by atoms with E-state index in [9.17, 15) is 14.0 Å². The summed E-state index contributed by atoms with van der Waals surface area (Å²) in [6, 6.07) is 12.6. The van der Waals surface area contributed by atoms with Crippen LogP contribution in [0.5, 0.6) is 0 Å². The van der Waals surface area contributed by atoms with Gasteiger partial charge in [-0.3, -0.25) is 4.79 Å². The fourth-order valence-electron chi connectivity index (χ4n) is 2.94. The Hall–Kier alpha value is -2.77. The molecular formula is C21H24FN2O4+. The third-order valence-electron chi connectivity index (χ3n) is 4.61. The zero-order valence-corrected chi connectivity index (χ0v) is 15.7. The molecule has 1 saturated heterocycles. The van der Waals surface area contributed by atoms with E-state index >= 15 is 0 Å². The van der Waals surface area contributed by atoms with Gasteiger partial charge in [0.05, 0.1) is 18.8 Å². The lowest BCUT2D eigenvalue weighted by Crippen LogP contribution is -3.12. The summed E-state index contributed by atoms with van der Waals surface area (Å²) in [5, 5.41) is 2.58. The van der Waals surface area contributed by atoms with Crippen molar-refractivity contribution in [1.29, 1.82) is 0 Å². The van der Waals surface area contributed by atoms with Gasteiger partial charge in [-0.1, -0.05) is 12.1 Å². The maximum atomic E-state index is 12.9. The van der Waals surface area contributed by atoms with Crippen LogP contribution in [0.1, 0.15) is 22.8 Å². The number of ether oxygens (including phenoxy) is 2. The summed E-state index contributed by atoms with van der Waals surface area (Å²) in [7, 11) is 0. The zero-order chi connectivity index (χ0) is 19.9. The molecule has 1 amide bonds. The molecule has 6 nitrogen and oxygen atoms in total. The van der Waals surface area contributed by atoms with E-state index < -0.39 is 23.8 Å². The predicted octanol–water partition coefficient (Wildman–Crippen LogP) is 1.42. The number of quaternary nitrogens is 1. The predicted molar refractivity (Wildman–Crippen MR) is 102 cm³/mol. The monoisotopic (exact) mass is 387 g/mol. The molecule has 1 heterocycles. The lowest BCUT2D eigenvalue weighted by molar-refractivity contribution is -0.921. The summed E-state index contributed by atoms with van der Waals surface area (Å²) >= 11 is 0. The first-order chi connectivity index (χ1) is 13.5. The van der Waals surface area contributed by atoms with E-state index in [0.717, 1.165) is 38.4 Å². The van der Waals surface area contributed by atoms with Gasteiger partial charge in [0.1, 0.15) is 25.5 Å². The minimum Gasteiger partial charge on any atom is -0.449 e. The standard InChI is InChI=1S/C21H23FN2O4/c1-15(20(25)23-19-8-6-18(22)7-9-19)28-21(26)17-4-2-16(3-5-17)14-24-10-12-27-13-11-24/h2-9,15H,10-14H2,1H3,(H,23,25)/p+1/t15-/m0/s1. The van der Waals surface area contributed by atoms with Gasteiger partial charge in [-0.25, -0.2) is 9.18 Å². The molecule has 0 bridgehead atoms. The van der Waals surface area contributed by atoms with E-state index in [1.807, 2.05) is 12.1 Å². The number of carbonyl (C=O) groups is 2. The molecular weight excluding hydrogens is 363 g/mol. The molecule has 1 atom stereocenters. The summed E-state index contributed by atoms with van der Waals surface area (Å²) < 4.78 is 23.5. The first-order valence-corrected chi connectivity index (χ1v) is 9.29. The van der Waals surface area contributed by atoms with Crippen molar-refractivity contribution in [2.75, 3.05) is 31.6 Å². The van der Waals surface area contributed by atoms with Gasteiger partial charge >= 0.3 is 5.97 Å². The molecule has 7 heteroatoms. The molecule has 1 aliphatic rings. The molecule has 2 aromatic carbocycles. The fourth-order valence-corrected chi connectivity index (χ4v) is 2.94. The lowest BCUT2D eigenvalue weighted by atomic mass is 10.1. The SMILES string of the molecule is C[C@H](OC(=O)c1ccc(C[NH+]2CCOCC2)cc1)C(=O)Nc1ccc(F)cc1. The maximum Gasteiger partial charge on any atom is 0.338 e. The van der Waals surface area contributed by atoms with E-state index in [4.69, 9.17) is 9.47 Å². The van der Waals surface area contributed by atoms with E-state index in [2.05, 4.69) is 5.32 Å². The Morgan fingerprint density at radius 1 is 1.11 bits per heavy atom. The summed E-state index contributed by atoms with van der Waals surface area (Å²) in [5.41, 5.74) is 1.96. The second kappa shape index (κ2) is 9.43. The second-order valence-corrected chi connectivity index (χ2v) is 6.78. The highest BCUT2D eigenvalue weighted by molar-refractivity contribution is 5.97. The number of rotatable bonds is 6. The van der Waals surface area contributed by atoms with Gasteiger partial charge in [0.15, 0.2) is 6.10 Å². The molecule has 1 fully saturated rings. The summed E-state index contributed by atoms with van der Waals surface area (Å²) in [4.78, 5) is 25.9. The number of anilines is 1. The van der Waals surface area contributed by atoms with Crippen LogP contribution >= 0.6 is 0 Å². The smallest absolute Gasteiger partial charge is 0.338 e. The highest BCUT2D eigenvalue weighted by atomic mass is 19.1. The van der Waals surface area contributed by atoms with Gasteiger partial charge in [0.25, 0.3) is 5.91 Å². The molecule has 3 rings (SSSR count). The van der Waals surface area contributed by atoms with Crippen LogP contribution in [0, 0.1) is 5.82 Å². The first kappa shape index (κ1) is 20.0. The van der Waals surface area contributed by atoms with Gasteiger partial charge in [-0.2, -0.15) is 0 Å². The van der Waals surface area contributed by atoms with Crippen molar-refractivity contribution in [2.24, 2.45) is 0 Å². The third kappa shape index (κ3) is 5.61. The van der Waals surface area contributed by atoms with Crippen LogP contribution in [0.2, 0.25) is 0 Å². The fraction of sp³-hybridized carbons (Fsp3) is 0.333. The van der Waals surface area contributed by atoms with Crippen molar-refractivity contribution >= 4 is 17.6 Å². The van der Waals surface area contributed by atoms with Gasteiger partial charge in [-0.05, 0) is 43.3 Å². The summed E-state index contributed by atoms with van der Waals surface area (Å²) in [6.07, 6.45) is -0.977. The van der Waals surface area contributed by atoms with Gasteiger partial charge < -0.3 is 19.7 Å². The average molecular weight is 387 g/mol. The van der Waals surface area contributed by atoms with Crippen LogP contribution in [-0.4, -0.2) is 44.3 Å². The third-order valence-corrected chi connectivity index (χ3v) is 4.61. The largest absolute Gasteiger partial charge is 0.449 e. The van der Waals surface area contributed by atoms with Gasteiger partial charge in [0.2, 0.25) is 0 Å². The molecule has 2 N–H and O–H groups in total. The van der Waals surface area contributed by atoms with Crippen LogP contribution in [0.25, 0.3) is 0 Å². The van der Waals surface area contributed by atoms with E-state index in [-0.39, 0.29) is 0 Å². The Kier molecular flexibility index (Phi) is 6.73. The minimum absolute atomic E-state index is 0.391. The number of carbonyl (C=O) groups excluding carboxylic acids is 2. The van der Waals surface area contributed by atoms with Gasteiger partial charge in [-0.15, -0.1) is 0 Å². The first-order valence-electron chi connectivity index (χ1n) is 9.29. The van der Waals surface area contributed by atoms with Crippen LogP contribution < -0.4 is 10.2 Å². The molecule has 0 aliphatic carbocycles. The van der Waals surface area contributed by atoms with Crippen molar-refractivity contribution in [1.82, 2.24) is 0 Å². The number of hydrogen-bond acceptors (Lipinski definition) is 4. The molecule has 28 heavy (non-hydrogen) atoms. The van der Waals surface area contributed by atoms with E-state index in [1.165, 1.54) is 36.1 Å². The Bertz CT molecular complexity index is 802. The molecule has 0 unspecified atom stereocenters. The van der Waals surface area contributed by atoms with Crippen molar-refractivity contribution in [2.45, 2.75) is 19.6 Å². The Morgan fingerprint density at radius 3 is 2.39 bits per heavy atom. The zero-order valence-electron chi connectivity index (χ0n) is 15.7. The number of morpholine rings is 1. The molecule has 2 aromatic rings. The highest BCUT2D eigenvalue weighted by Crippen LogP contribution is 2.11. The number of amides is 1. The van der Waals surface area contributed by atoms with Gasteiger partial charge in [0, 0.05) is 11.3 Å². The Balaban J connectivity index is 1.51. The molecule has 0 aromatic heterocycles. The van der Waals surface area contributed by atoms with Crippen LogP contribution in [-0.2, 0) is 20.8 Å². The molecule has 0 radical (unpaired) electrons. The van der Waals surface area contributed by atoms with Crippen LogP contribution in [0.15, 0.2) is 48.5 Å². The average Bonchev–Trinajstić information content (AvgIpc) is 2.71. The topological polar surface area (TPSA) is 69.1 Å². The second-order valence-electron chi connectivity index (χ2n) is 6.78. The lowest BCUT2D eigenvalue weighted by Gasteiger charge is -2.23. The van der Waals surface area contributed by atoms with E-state index in [1.54, 1.807) is 12.1 Å². The minimum atomic E-state index is -0.977. The number of benzene rings is 2. The van der Waals surface area contributed by atoms with Crippen molar-refractivity contribution in [3.8, 4) is 0 Å². The van der Waals surface area contributed by atoms with Crippen LogP contribution in [0.4, 0.5) is 10.1 Å². The summed E-state index contributed by atoms with van der Waals surface area (Å²) in [5.74, 6) is -1.43. The quantitative estimate of drug-likeness (QED) is 0.736. The summed E-state index contributed by atoms with van der Waals surface area (Å²) in [6.45, 7) is 5.88. The Morgan fingerprint density at radius 2 is 1.75 bits per heavy atom. The molecule has 0 spiro atoms. The Labute approximate surface area is 163 Å². The molecule has 148 valence electrons. The van der Waals surface area contributed by atoms with Crippen molar-refractivity contribution in [3.63, 3.8) is 0 Å². The van der Waals surface area contributed by atoms with E-state index in [0.29, 0.717) is 11.3 Å². The molecule has 0 saturated carbocycles.